The minimum atomic E-state index is -1.25. The maximum absolute atomic E-state index is 12.4. The summed E-state index contributed by atoms with van der Waals surface area (Å²) in [5.74, 6) is -0.585. The molecular formula is C37H75NO5. The van der Waals surface area contributed by atoms with E-state index in [1.54, 1.807) is 0 Å². The van der Waals surface area contributed by atoms with Crippen molar-refractivity contribution < 1.29 is 25.2 Å². The highest BCUT2D eigenvalue weighted by Crippen LogP contribution is 2.16. The van der Waals surface area contributed by atoms with E-state index in [1.807, 2.05) is 0 Å². The normalized spacial score (nSPS) is 14.5. The van der Waals surface area contributed by atoms with Crippen LogP contribution < -0.4 is 5.32 Å². The van der Waals surface area contributed by atoms with E-state index in [4.69, 9.17) is 0 Å². The molecule has 0 saturated heterocycles. The molecule has 4 atom stereocenters. The van der Waals surface area contributed by atoms with Crippen molar-refractivity contribution in [1.29, 1.82) is 0 Å². The van der Waals surface area contributed by atoms with E-state index in [1.165, 1.54) is 135 Å². The molecule has 6 heteroatoms. The Hall–Kier alpha value is -0.690. The van der Waals surface area contributed by atoms with Crippen LogP contribution in [0.15, 0.2) is 0 Å². The van der Waals surface area contributed by atoms with Crippen LogP contribution >= 0.6 is 0 Å². The first-order chi connectivity index (χ1) is 21.0. The monoisotopic (exact) mass is 614 g/mol. The highest BCUT2D eigenvalue weighted by atomic mass is 16.3. The molecule has 0 saturated carbocycles. The summed E-state index contributed by atoms with van der Waals surface area (Å²) >= 11 is 0. The van der Waals surface area contributed by atoms with Crippen molar-refractivity contribution in [2.75, 3.05) is 6.61 Å². The molecule has 0 rings (SSSR count). The van der Waals surface area contributed by atoms with Gasteiger partial charge in [-0.05, 0) is 12.8 Å². The molecule has 0 fully saturated rings. The van der Waals surface area contributed by atoms with E-state index in [0.29, 0.717) is 12.8 Å². The molecule has 0 radical (unpaired) electrons. The molecule has 43 heavy (non-hydrogen) atoms. The van der Waals surface area contributed by atoms with Gasteiger partial charge in [-0.3, -0.25) is 4.79 Å². The van der Waals surface area contributed by atoms with Crippen molar-refractivity contribution >= 4 is 5.91 Å². The van der Waals surface area contributed by atoms with Crippen LogP contribution in [0.2, 0.25) is 0 Å². The first-order valence-electron chi connectivity index (χ1n) is 18.9. The summed E-state index contributed by atoms with van der Waals surface area (Å²) in [6.45, 7) is 3.97. The number of amides is 1. The summed E-state index contributed by atoms with van der Waals surface area (Å²) < 4.78 is 0. The molecule has 258 valence electrons. The van der Waals surface area contributed by atoms with Gasteiger partial charge in [-0.25, -0.2) is 0 Å². The predicted octanol–water partition coefficient (Wildman–Crippen LogP) is 8.90. The molecule has 0 aliphatic rings. The zero-order valence-corrected chi connectivity index (χ0v) is 28.7. The lowest BCUT2D eigenvalue weighted by molar-refractivity contribution is -0.132. The van der Waals surface area contributed by atoms with Gasteiger partial charge in [0.2, 0.25) is 5.91 Å². The summed E-state index contributed by atoms with van der Waals surface area (Å²) in [6, 6.07) is -0.975. The fourth-order valence-corrected chi connectivity index (χ4v) is 5.99. The number of aliphatic hydroxyl groups is 4. The fourth-order valence-electron chi connectivity index (χ4n) is 5.99. The summed E-state index contributed by atoms with van der Waals surface area (Å²) in [4.78, 5) is 12.4. The number of aliphatic hydroxyl groups excluding tert-OH is 4. The number of nitrogens with one attached hydrogen (secondary N) is 1. The van der Waals surface area contributed by atoms with Crippen molar-refractivity contribution in [3.8, 4) is 0 Å². The maximum Gasteiger partial charge on any atom is 0.249 e. The van der Waals surface area contributed by atoms with Gasteiger partial charge in [0, 0.05) is 0 Å². The molecular weight excluding hydrogens is 538 g/mol. The van der Waals surface area contributed by atoms with Crippen LogP contribution in [0.25, 0.3) is 0 Å². The third-order valence-corrected chi connectivity index (χ3v) is 9.07. The molecule has 0 aliphatic heterocycles. The Kier molecular flexibility index (Phi) is 32.2. The predicted molar refractivity (Wildman–Crippen MR) is 182 cm³/mol. The first kappa shape index (κ1) is 42.3. The van der Waals surface area contributed by atoms with E-state index in [2.05, 4.69) is 19.2 Å². The van der Waals surface area contributed by atoms with Gasteiger partial charge in [-0.1, -0.05) is 187 Å². The quantitative estimate of drug-likeness (QED) is 0.0466. The van der Waals surface area contributed by atoms with Crippen molar-refractivity contribution in [2.45, 2.75) is 224 Å². The minimum Gasteiger partial charge on any atom is -0.394 e. The van der Waals surface area contributed by atoms with E-state index in [9.17, 15) is 25.2 Å². The molecule has 0 spiro atoms. The number of rotatable bonds is 34. The Morgan fingerprint density at radius 3 is 1.12 bits per heavy atom. The van der Waals surface area contributed by atoms with Gasteiger partial charge in [-0.2, -0.15) is 0 Å². The van der Waals surface area contributed by atoms with Gasteiger partial charge in [0.05, 0.1) is 18.8 Å². The number of hydrogen-bond donors (Lipinski definition) is 5. The summed E-state index contributed by atoms with van der Waals surface area (Å²) in [7, 11) is 0. The third-order valence-electron chi connectivity index (χ3n) is 9.07. The average Bonchev–Trinajstić information content (AvgIpc) is 3.01. The Morgan fingerprint density at radius 1 is 0.488 bits per heavy atom. The van der Waals surface area contributed by atoms with E-state index in [-0.39, 0.29) is 0 Å². The lowest BCUT2D eigenvalue weighted by Gasteiger charge is -2.27. The van der Waals surface area contributed by atoms with Gasteiger partial charge in [0.15, 0.2) is 0 Å². The molecule has 0 bridgehead atoms. The van der Waals surface area contributed by atoms with Crippen molar-refractivity contribution in [3.05, 3.63) is 0 Å². The van der Waals surface area contributed by atoms with Crippen LogP contribution in [0.3, 0.4) is 0 Å². The van der Waals surface area contributed by atoms with E-state index in [0.717, 1.165) is 38.5 Å². The Morgan fingerprint density at radius 2 is 0.791 bits per heavy atom. The minimum absolute atomic E-state index is 0.374. The zero-order chi connectivity index (χ0) is 31.8. The van der Waals surface area contributed by atoms with Crippen LogP contribution in [0.4, 0.5) is 0 Å². The number of unbranched alkanes of at least 4 members (excludes halogenated alkanes) is 25. The van der Waals surface area contributed by atoms with E-state index >= 15 is 0 Å². The molecule has 0 aliphatic carbocycles. The van der Waals surface area contributed by atoms with Gasteiger partial charge in [0.1, 0.15) is 12.2 Å². The summed E-state index contributed by atoms with van der Waals surface area (Å²) in [6.07, 6.45) is 31.6. The molecule has 6 nitrogen and oxygen atoms in total. The highest BCUT2D eigenvalue weighted by molar-refractivity contribution is 5.80. The Bertz CT molecular complexity index is 575. The average molecular weight is 614 g/mol. The topological polar surface area (TPSA) is 110 Å². The van der Waals surface area contributed by atoms with Crippen LogP contribution in [0.5, 0.6) is 0 Å². The maximum atomic E-state index is 12.4. The molecule has 1 amide bonds. The number of hydrogen-bond acceptors (Lipinski definition) is 5. The number of carbonyl (C=O) groups is 1. The summed E-state index contributed by atoms with van der Waals surface area (Å²) in [5, 5.41) is 43.1. The lowest BCUT2D eigenvalue weighted by atomic mass is 9.99. The fraction of sp³-hybridized carbons (Fsp3) is 0.973. The first-order valence-corrected chi connectivity index (χ1v) is 18.9. The van der Waals surface area contributed by atoms with Crippen LogP contribution in [0, 0.1) is 0 Å². The Balaban J connectivity index is 3.62. The van der Waals surface area contributed by atoms with E-state index < -0.39 is 36.9 Å². The second-order valence-electron chi connectivity index (χ2n) is 13.3. The third kappa shape index (κ3) is 27.4. The van der Waals surface area contributed by atoms with Gasteiger partial charge >= 0.3 is 0 Å². The smallest absolute Gasteiger partial charge is 0.249 e. The highest BCUT2D eigenvalue weighted by Gasteiger charge is 2.28. The zero-order valence-electron chi connectivity index (χ0n) is 28.7. The standard InChI is InChI=1S/C37H75NO5/c1-3-5-7-9-11-12-13-14-15-16-17-18-19-20-21-22-23-24-25-27-29-31-35(41)37(43)38-33(32-39)36(42)34(40)30-28-26-10-8-6-4-2/h33-36,39-42H,3-32H2,1-2H3,(H,38,43). The molecule has 5 N–H and O–H groups in total. The molecule has 0 aromatic carbocycles. The summed E-state index contributed by atoms with van der Waals surface area (Å²) in [5.41, 5.74) is 0. The van der Waals surface area contributed by atoms with Crippen LogP contribution in [-0.2, 0) is 4.79 Å². The van der Waals surface area contributed by atoms with Crippen molar-refractivity contribution in [3.63, 3.8) is 0 Å². The largest absolute Gasteiger partial charge is 0.394 e. The van der Waals surface area contributed by atoms with Crippen LogP contribution in [-0.4, -0.2) is 57.3 Å². The Labute approximate surface area is 267 Å². The van der Waals surface area contributed by atoms with Crippen molar-refractivity contribution in [2.24, 2.45) is 0 Å². The van der Waals surface area contributed by atoms with Gasteiger partial charge in [0.25, 0.3) is 0 Å². The molecule has 4 unspecified atom stereocenters. The van der Waals surface area contributed by atoms with Crippen LogP contribution in [0.1, 0.15) is 200 Å². The van der Waals surface area contributed by atoms with Crippen molar-refractivity contribution in [1.82, 2.24) is 5.32 Å². The van der Waals surface area contributed by atoms with Gasteiger partial charge < -0.3 is 25.7 Å². The molecule has 0 aromatic rings. The lowest BCUT2D eigenvalue weighted by Crippen LogP contribution is -2.53. The number of carbonyl (C=O) groups excluding carboxylic acids is 1. The molecule has 0 aromatic heterocycles. The second kappa shape index (κ2) is 32.7. The van der Waals surface area contributed by atoms with Gasteiger partial charge in [-0.15, -0.1) is 0 Å². The second-order valence-corrected chi connectivity index (χ2v) is 13.3. The SMILES string of the molecule is CCCCCCCCCCCCCCCCCCCCCCCC(O)C(=O)NC(CO)C(O)C(O)CCCCCCCC. The molecule has 0 heterocycles.